The van der Waals surface area contributed by atoms with Crippen LogP contribution in [0.15, 0.2) is 15.7 Å². The number of aromatic amines is 1. The Hall–Kier alpha value is -1.46. The Kier molecular flexibility index (Phi) is 2.60. The second-order valence-electron chi connectivity index (χ2n) is 2.60. The number of aromatic nitrogens is 2. The number of nitrogens with zero attached hydrogens (tertiary/aromatic N) is 1. The summed E-state index contributed by atoms with van der Waals surface area (Å²) in [6.45, 7) is 0.643. The third-order valence-electron chi connectivity index (χ3n) is 1.48. The third kappa shape index (κ3) is 2.24. The zero-order valence-electron chi connectivity index (χ0n) is 6.88. The maximum absolute atomic E-state index is 11.9. The summed E-state index contributed by atoms with van der Waals surface area (Å²) in [4.78, 5) is 24.2. The van der Waals surface area contributed by atoms with Crippen LogP contribution in [-0.2, 0) is 6.54 Å². The number of halogens is 2. The smallest absolute Gasteiger partial charge is 0.311 e. The van der Waals surface area contributed by atoms with Crippen LogP contribution in [0.4, 0.5) is 8.78 Å². The first kappa shape index (κ1) is 9.63. The number of alkyl halides is 2. The van der Waals surface area contributed by atoms with Gasteiger partial charge in [-0.25, -0.2) is 13.6 Å². The first-order chi connectivity index (χ1) is 6.00. The van der Waals surface area contributed by atoms with Crippen molar-refractivity contribution >= 4 is 0 Å². The summed E-state index contributed by atoms with van der Waals surface area (Å²) in [5.41, 5.74) is -1.15. The molecule has 1 aromatic rings. The Morgan fingerprint density at radius 3 is 2.62 bits per heavy atom. The largest absolute Gasteiger partial charge is 0.328 e. The molecule has 0 aliphatic heterocycles. The molecule has 0 bridgehead atoms. The molecule has 0 aromatic carbocycles. The van der Waals surface area contributed by atoms with Gasteiger partial charge in [-0.15, -0.1) is 0 Å². The van der Waals surface area contributed by atoms with E-state index in [2.05, 4.69) is 4.98 Å². The average molecular weight is 190 g/mol. The predicted molar refractivity (Wildman–Crippen MR) is 42.1 cm³/mol. The second-order valence-corrected chi connectivity index (χ2v) is 2.60. The molecule has 13 heavy (non-hydrogen) atoms. The Morgan fingerprint density at radius 2 is 2.15 bits per heavy atom. The molecule has 0 unspecified atom stereocenters. The average Bonchev–Trinajstić information content (AvgIpc) is 1.96. The van der Waals surface area contributed by atoms with Crippen molar-refractivity contribution in [3.8, 4) is 0 Å². The Labute approximate surface area is 71.8 Å². The highest BCUT2D eigenvalue weighted by molar-refractivity contribution is 4.96. The minimum atomic E-state index is -2.71. The fourth-order valence-corrected chi connectivity index (χ4v) is 0.946. The van der Waals surface area contributed by atoms with Crippen molar-refractivity contribution < 1.29 is 8.78 Å². The minimum Gasteiger partial charge on any atom is -0.311 e. The van der Waals surface area contributed by atoms with Gasteiger partial charge in [0.2, 0.25) is 0 Å². The third-order valence-corrected chi connectivity index (χ3v) is 1.48. The van der Waals surface area contributed by atoms with Crippen molar-refractivity contribution in [1.82, 2.24) is 9.55 Å². The lowest BCUT2D eigenvalue weighted by Crippen LogP contribution is -2.36. The Morgan fingerprint density at radius 1 is 1.54 bits per heavy atom. The van der Waals surface area contributed by atoms with Crippen LogP contribution >= 0.6 is 0 Å². The fraction of sp³-hybridized carbons (Fsp3) is 0.429. The number of rotatable bonds is 2. The van der Waals surface area contributed by atoms with Gasteiger partial charge >= 0.3 is 5.69 Å². The van der Waals surface area contributed by atoms with Crippen LogP contribution in [0, 0.1) is 6.92 Å². The topological polar surface area (TPSA) is 54.9 Å². The van der Waals surface area contributed by atoms with E-state index in [0.29, 0.717) is 10.3 Å². The minimum absolute atomic E-state index is 0.362. The number of nitrogens with one attached hydrogen (secondary N) is 1. The predicted octanol–water partition coefficient (Wildman–Crippen LogP) is 0.110. The SMILES string of the molecule is Cc1cc(=O)n(CC(F)F)c(=O)[nH]1. The first-order valence-electron chi connectivity index (χ1n) is 3.59. The van der Waals surface area contributed by atoms with Crippen molar-refractivity contribution in [3.05, 3.63) is 32.6 Å². The molecule has 0 saturated heterocycles. The highest BCUT2D eigenvalue weighted by Gasteiger charge is 2.08. The maximum Gasteiger partial charge on any atom is 0.328 e. The summed E-state index contributed by atoms with van der Waals surface area (Å²) in [6.07, 6.45) is -2.71. The van der Waals surface area contributed by atoms with Crippen LogP contribution in [0.1, 0.15) is 5.69 Å². The van der Waals surface area contributed by atoms with Crippen LogP contribution in [0.25, 0.3) is 0 Å². The van der Waals surface area contributed by atoms with Gasteiger partial charge in [0.25, 0.3) is 12.0 Å². The highest BCUT2D eigenvalue weighted by Crippen LogP contribution is 1.92. The molecular weight excluding hydrogens is 182 g/mol. The monoisotopic (exact) mass is 190 g/mol. The van der Waals surface area contributed by atoms with Gasteiger partial charge in [-0.1, -0.05) is 0 Å². The van der Waals surface area contributed by atoms with Gasteiger partial charge in [-0.05, 0) is 6.92 Å². The normalized spacial score (nSPS) is 10.8. The van der Waals surface area contributed by atoms with Crippen LogP contribution in [0.5, 0.6) is 0 Å². The van der Waals surface area contributed by atoms with Crippen molar-refractivity contribution in [2.24, 2.45) is 0 Å². The molecule has 0 atom stereocenters. The van der Waals surface area contributed by atoms with Crippen LogP contribution < -0.4 is 11.2 Å². The molecule has 0 amide bonds. The lowest BCUT2D eigenvalue weighted by Gasteiger charge is -2.02. The number of hydrogen-bond donors (Lipinski definition) is 1. The van der Waals surface area contributed by atoms with Gasteiger partial charge in [-0.3, -0.25) is 9.36 Å². The molecule has 72 valence electrons. The molecule has 1 heterocycles. The zero-order chi connectivity index (χ0) is 10.0. The summed E-state index contributed by atoms with van der Waals surface area (Å²) >= 11 is 0. The molecule has 0 aliphatic rings. The quantitative estimate of drug-likeness (QED) is 0.719. The van der Waals surface area contributed by atoms with Crippen molar-refractivity contribution in [2.75, 3.05) is 0 Å². The lowest BCUT2D eigenvalue weighted by atomic mass is 10.4. The molecule has 0 aliphatic carbocycles. The molecule has 0 saturated carbocycles. The fourth-order valence-electron chi connectivity index (χ4n) is 0.946. The number of aryl methyl sites for hydroxylation is 1. The first-order valence-corrected chi connectivity index (χ1v) is 3.59. The van der Waals surface area contributed by atoms with Gasteiger partial charge in [0.15, 0.2) is 0 Å². The van der Waals surface area contributed by atoms with Gasteiger partial charge < -0.3 is 4.98 Å². The van der Waals surface area contributed by atoms with E-state index >= 15 is 0 Å². The molecule has 1 aromatic heterocycles. The molecule has 1 rings (SSSR count). The van der Waals surface area contributed by atoms with Crippen LogP contribution in [0.2, 0.25) is 0 Å². The van der Waals surface area contributed by atoms with Gasteiger partial charge in [0.1, 0.15) is 0 Å². The molecule has 0 fully saturated rings. The van der Waals surface area contributed by atoms with E-state index in [0.717, 1.165) is 6.07 Å². The summed E-state index contributed by atoms with van der Waals surface area (Å²) in [5.74, 6) is 0. The zero-order valence-corrected chi connectivity index (χ0v) is 6.88. The van der Waals surface area contributed by atoms with E-state index in [9.17, 15) is 18.4 Å². The van der Waals surface area contributed by atoms with E-state index in [1.165, 1.54) is 6.92 Å². The van der Waals surface area contributed by atoms with E-state index in [1.54, 1.807) is 0 Å². The van der Waals surface area contributed by atoms with Crippen molar-refractivity contribution in [3.63, 3.8) is 0 Å². The van der Waals surface area contributed by atoms with E-state index in [4.69, 9.17) is 0 Å². The Bertz CT molecular complexity index is 376. The van der Waals surface area contributed by atoms with Crippen molar-refractivity contribution in [1.29, 1.82) is 0 Å². The van der Waals surface area contributed by atoms with Gasteiger partial charge in [0, 0.05) is 11.8 Å². The van der Waals surface area contributed by atoms with Crippen LogP contribution in [0.3, 0.4) is 0 Å². The van der Waals surface area contributed by atoms with E-state index in [1.807, 2.05) is 0 Å². The summed E-state index contributed by atoms with van der Waals surface area (Å²) in [7, 11) is 0. The van der Waals surface area contributed by atoms with E-state index in [-0.39, 0.29) is 0 Å². The highest BCUT2D eigenvalue weighted by atomic mass is 19.3. The molecule has 0 spiro atoms. The van der Waals surface area contributed by atoms with E-state index < -0.39 is 24.2 Å². The van der Waals surface area contributed by atoms with Crippen molar-refractivity contribution in [2.45, 2.75) is 19.9 Å². The maximum atomic E-state index is 11.9. The number of hydrogen-bond acceptors (Lipinski definition) is 2. The van der Waals surface area contributed by atoms with Crippen LogP contribution in [-0.4, -0.2) is 16.0 Å². The number of H-pyrrole nitrogens is 1. The molecule has 0 radical (unpaired) electrons. The van der Waals surface area contributed by atoms with Gasteiger partial charge in [0.05, 0.1) is 6.54 Å². The Balaban J connectivity index is 3.22. The molecule has 6 heteroatoms. The van der Waals surface area contributed by atoms with Gasteiger partial charge in [-0.2, -0.15) is 0 Å². The summed E-state index contributed by atoms with van der Waals surface area (Å²) in [5, 5.41) is 0. The molecular formula is C7H8F2N2O2. The second kappa shape index (κ2) is 3.51. The molecule has 1 N–H and O–H groups in total. The molecule has 4 nitrogen and oxygen atoms in total. The summed E-state index contributed by atoms with van der Waals surface area (Å²) in [6, 6.07) is 1.10. The lowest BCUT2D eigenvalue weighted by molar-refractivity contribution is 0.123. The summed E-state index contributed by atoms with van der Waals surface area (Å²) < 4.78 is 24.2. The standard InChI is InChI=1S/C7H8F2N2O2/c1-4-2-6(12)11(3-5(8)9)7(13)10-4/h2,5H,3H2,1H3,(H,10,13).